The number of piperazine rings is 1. The van der Waals surface area contributed by atoms with E-state index in [0.717, 1.165) is 31.9 Å². The normalized spacial score (nSPS) is 18.4. The van der Waals surface area contributed by atoms with Gasteiger partial charge in [0.05, 0.1) is 6.67 Å². The van der Waals surface area contributed by atoms with Crippen LogP contribution in [0.3, 0.4) is 0 Å². The van der Waals surface area contributed by atoms with Gasteiger partial charge in [0.25, 0.3) is 0 Å². The van der Waals surface area contributed by atoms with Gasteiger partial charge in [-0.1, -0.05) is 19.1 Å². The average molecular weight is 282 g/mol. The van der Waals surface area contributed by atoms with Crippen LogP contribution < -0.4 is 5.32 Å². The lowest BCUT2D eigenvalue weighted by atomic mass is 10.0. The zero-order valence-electron chi connectivity index (χ0n) is 11.6. The van der Waals surface area contributed by atoms with E-state index in [4.69, 9.17) is 0 Å². The molecule has 19 heavy (non-hydrogen) atoms. The first-order valence-electron chi connectivity index (χ1n) is 7.08. The smallest absolute Gasteiger partial charge is 0.0912 e. The monoisotopic (exact) mass is 282 g/mol. The highest BCUT2D eigenvalue weighted by atomic mass is 32.2. The van der Waals surface area contributed by atoms with Gasteiger partial charge in [-0.15, -0.1) is 11.8 Å². The predicted molar refractivity (Wildman–Crippen MR) is 80.6 cm³/mol. The Bertz CT molecular complexity index is 363. The molecule has 1 heterocycles. The second-order valence-corrected chi connectivity index (χ2v) is 6.12. The lowest BCUT2D eigenvalue weighted by molar-refractivity contribution is 0.157. The van der Waals surface area contributed by atoms with Crippen LogP contribution >= 0.6 is 11.8 Å². The van der Waals surface area contributed by atoms with Gasteiger partial charge in [-0.2, -0.15) is 0 Å². The number of nitrogens with zero attached hydrogens (tertiary/aromatic N) is 1. The van der Waals surface area contributed by atoms with E-state index in [-0.39, 0.29) is 12.7 Å². The number of rotatable bonds is 6. The third kappa shape index (κ3) is 4.20. The highest BCUT2D eigenvalue weighted by Gasteiger charge is 2.21. The topological polar surface area (TPSA) is 15.3 Å². The minimum absolute atomic E-state index is 0.229. The van der Waals surface area contributed by atoms with Crippen LogP contribution in [0.5, 0.6) is 0 Å². The molecule has 1 aromatic rings. The van der Waals surface area contributed by atoms with Gasteiger partial charge in [0.15, 0.2) is 0 Å². The van der Waals surface area contributed by atoms with Gasteiger partial charge in [-0.3, -0.25) is 9.29 Å². The SMILES string of the molecule is CCSc1ccc([C@H](CCF)N2CCNCC2)cc1. The van der Waals surface area contributed by atoms with Crippen LogP contribution in [-0.2, 0) is 0 Å². The average Bonchev–Trinajstić information content (AvgIpc) is 2.47. The minimum Gasteiger partial charge on any atom is -0.314 e. The zero-order valence-corrected chi connectivity index (χ0v) is 12.4. The molecule has 1 fully saturated rings. The first kappa shape index (κ1) is 14.8. The Labute approximate surface area is 119 Å². The lowest BCUT2D eigenvalue weighted by Crippen LogP contribution is -2.45. The van der Waals surface area contributed by atoms with Crippen molar-refractivity contribution in [1.82, 2.24) is 10.2 Å². The van der Waals surface area contributed by atoms with Crippen LogP contribution in [0.4, 0.5) is 4.39 Å². The maximum atomic E-state index is 12.8. The van der Waals surface area contributed by atoms with Crippen molar-refractivity contribution in [3.05, 3.63) is 29.8 Å². The van der Waals surface area contributed by atoms with Gasteiger partial charge in [0.2, 0.25) is 0 Å². The molecule has 0 spiro atoms. The van der Waals surface area contributed by atoms with E-state index in [2.05, 4.69) is 41.4 Å². The molecule has 1 aromatic carbocycles. The van der Waals surface area contributed by atoms with Crippen LogP contribution in [0.15, 0.2) is 29.2 Å². The lowest BCUT2D eigenvalue weighted by Gasteiger charge is -2.35. The Kier molecular flexibility index (Phi) is 6.14. The minimum atomic E-state index is -0.250. The van der Waals surface area contributed by atoms with Crippen molar-refractivity contribution in [2.24, 2.45) is 0 Å². The molecule has 1 aliphatic rings. The number of halogens is 1. The second kappa shape index (κ2) is 7.88. The Balaban J connectivity index is 2.08. The van der Waals surface area contributed by atoms with Gasteiger partial charge >= 0.3 is 0 Å². The van der Waals surface area contributed by atoms with Crippen molar-refractivity contribution in [1.29, 1.82) is 0 Å². The first-order chi connectivity index (χ1) is 9.35. The van der Waals surface area contributed by atoms with Crippen LogP contribution in [0.1, 0.15) is 24.9 Å². The molecule has 2 nitrogen and oxygen atoms in total. The van der Waals surface area contributed by atoms with E-state index in [0.29, 0.717) is 6.42 Å². The van der Waals surface area contributed by atoms with Crippen molar-refractivity contribution in [3.8, 4) is 0 Å². The summed E-state index contributed by atoms with van der Waals surface area (Å²) in [4.78, 5) is 3.70. The van der Waals surface area contributed by atoms with Crippen LogP contribution in [0.25, 0.3) is 0 Å². The highest BCUT2D eigenvalue weighted by molar-refractivity contribution is 7.99. The van der Waals surface area contributed by atoms with Crippen LogP contribution in [0.2, 0.25) is 0 Å². The van der Waals surface area contributed by atoms with E-state index in [1.807, 2.05) is 11.8 Å². The van der Waals surface area contributed by atoms with E-state index >= 15 is 0 Å². The van der Waals surface area contributed by atoms with Crippen molar-refractivity contribution in [2.75, 3.05) is 38.6 Å². The number of hydrogen-bond donors (Lipinski definition) is 1. The standard InChI is InChI=1S/C15H23FN2S/c1-2-19-14-5-3-13(4-6-14)15(7-8-16)18-11-9-17-10-12-18/h3-6,15,17H,2,7-12H2,1H3/t15-/m0/s1. The quantitative estimate of drug-likeness (QED) is 0.807. The molecule has 1 atom stereocenters. The third-order valence-corrected chi connectivity index (χ3v) is 4.44. The van der Waals surface area contributed by atoms with Crippen molar-refractivity contribution < 1.29 is 4.39 Å². The summed E-state index contributed by atoms with van der Waals surface area (Å²) in [6.07, 6.45) is 0.597. The Morgan fingerprint density at radius 1 is 1.26 bits per heavy atom. The molecule has 1 saturated heterocycles. The molecular formula is C15H23FN2S. The Hall–Kier alpha value is -0.580. The summed E-state index contributed by atoms with van der Waals surface area (Å²) in [6, 6.07) is 8.89. The van der Waals surface area contributed by atoms with E-state index < -0.39 is 0 Å². The summed E-state index contributed by atoms with van der Waals surface area (Å²) < 4.78 is 12.8. The third-order valence-electron chi connectivity index (χ3n) is 3.55. The van der Waals surface area contributed by atoms with Gasteiger partial charge < -0.3 is 5.32 Å². The van der Waals surface area contributed by atoms with Gasteiger partial charge in [0.1, 0.15) is 0 Å². The van der Waals surface area contributed by atoms with E-state index in [9.17, 15) is 4.39 Å². The number of nitrogens with one attached hydrogen (secondary N) is 1. The van der Waals surface area contributed by atoms with Gasteiger partial charge in [-0.05, 0) is 29.9 Å². The van der Waals surface area contributed by atoms with Gasteiger partial charge in [0, 0.05) is 37.1 Å². The summed E-state index contributed by atoms with van der Waals surface area (Å²) in [6.45, 7) is 5.94. The molecule has 4 heteroatoms. The number of thioether (sulfide) groups is 1. The molecular weight excluding hydrogens is 259 g/mol. The van der Waals surface area contributed by atoms with Crippen LogP contribution in [-0.4, -0.2) is 43.5 Å². The summed E-state index contributed by atoms with van der Waals surface area (Å²) in [7, 11) is 0. The molecule has 0 unspecified atom stereocenters. The van der Waals surface area contributed by atoms with Crippen molar-refractivity contribution in [2.45, 2.75) is 24.3 Å². The number of benzene rings is 1. The largest absolute Gasteiger partial charge is 0.314 e. The molecule has 0 saturated carbocycles. The molecule has 2 rings (SSSR count). The Morgan fingerprint density at radius 3 is 2.53 bits per heavy atom. The zero-order chi connectivity index (χ0) is 13.5. The number of hydrogen-bond acceptors (Lipinski definition) is 3. The summed E-state index contributed by atoms with van der Waals surface area (Å²) in [5, 5.41) is 3.35. The van der Waals surface area contributed by atoms with Gasteiger partial charge in [-0.25, -0.2) is 0 Å². The Morgan fingerprint density at radius 2 is 1.95 bits per heavy atom. The van der Waals surface area contributed by atoms with E-state index in [1.54, 1.807) is 0 Å². The highest BCUT2D eigenvalue weighted by Crippen LogP contribution is 2.27. The predicted octanol–water partition coefficient (Wildman–Crippen LogP) is 3.10. The second-order valence-electron chi connectivity index (χ2n) is 4.78. The molecule has 0 aromatic heterocycles. The maximum Gasteiger partial charge on any atom is 0.0912 e. The fourth-order valence-electron chi connectivity index (χ4n) is 2.61. The fourth-order valence-corrected chi connectivity index (χ4v) is 3.27. The summed E-state index contributed by atoms with van der Waals surface area (Å²) in [5.74, 6) is 1.09. The first-order valence-corrected chi connectivity index (χ1v) is 8.07. The van der Waals surface area contributed by atoms with Crippen LogP contribution in [0, 0.1) is 0 Å². The molecule has 1 N–H and O–H groups in total. The molecule has 0 amide bonds. The molecule has 0 aliphatic carbocycles. The summed E-state index contributed by atoms with van der Waals surface area (Å²) in [5.41, 5.74) is 1.25. The summed E-state index contributed by atoms with van der Waals surface area (Å²) >= 11 is 1.85. The number of alkyl halides is 1. The molecule has 106 valence electrons. The van der Waals surface area contributed by atoms with Crippen molar-refractivity contribution in [3.63, 3.8) is 0 Å². The maximum absolute atomic E-state index is 12.8. The fraction of sp³-hybridized carbons (Fsp3) is 0.600. The van der Waals surface area contributed by atoms with Crippen molar-refractivity contribution >= 4 is 11.8 Å². The molecule has 0 bridgehead atoms. The molecule has 1 aliphatic heterocycles. The molecule has 0 radical (unpaired) electrons. The van der Waals surface area contributed by atoms with E-state index in [1.165, 1.54) is 10.5 Å².